The van der Waals surface area contributed by atoms with Crippen LogP contribution < -0.4 is 5.32 Å². The SMILES string of the molecule is CC[C@H](C[C@@H](C)NC)OC1[CH]C=CC=C1. The minimum absolute atomic E-state index is 0.156. The highest BCUT2D eigenvalue weighted by Gasteiger charge is 2.15. The highest BCUT2D eigenvalue weighted by Crippen LogP contribution is 2.14. The van der Waals surface area contributed by atoms with Crippen molar-refractivity contribution in [2.75, 3.05) is 7.05 Å². The van der Waals surface area contributed by atoms with Crippen LogP contribution in [-0.4, -0.2) is 25.3 Å². The summed E-state index contributed by atoms with van der Waals surface area (Å²) in [6.07, 6.45) is 12.9. The van der Waals surface area contributed by atoms with Gasteiger partial charge >= 0.3 is 0 Å². The van der Waals surface area contributed by atoms with Gasteiger partial charge in [-0.2, -0.15) is 0 Å². The Kier molecular flexibility index (Phi) is 5.66. The quantitative estimate of drug-likeness (QED) is 0.724. The van der Waals surface area contributed by atoms with Gasteiger partial charge in [0.05, 0.1) is 12.2 Å². The Balaban J connectivity index is 2.32. The predicted octanol–water partition coefficient (Wildman–Crippen LogP) is 2.48. The van der Waals surface area contributed by atoms with Crippen LogP contribution in [0.5, 0.6) is 0 Å². The second-order valence-corrected chi connectivity index (χ2v) is 4.02. The number of hydrogen-bond donors (Lipinski definition) is 1. The third-order valence-corrected chi connectivity index (χ3v) is 2.74. The van der Waals surface area contributed by atoms with Crippen molar-refractivity contribution in [1.29, 1.82) is 0 Å². The minimum Gasteiger partial charge on any atom is -0.370 e. The van der Waals surface area contributed by atoms with E-state index in [1.807, 2.05) is 25.3 Å². The molecule has 0 spiro atoms. The van der Waals surface area contributed by atoms with Crippen molar-refractivity contribution < 1.29 is 4.74 Å². The Bertz CT molecular complexity index is 223. The molecule has 0 aromatic carbocycles. The van der Waals surface area contributed by atoms with Crippen molar-refractivity contribution in [2.24, 2.45) is 0 Å². The first-order valence-electron chi connectivity index (χ1n) is 5.77. The van der Waals surface area contributed by atoms with Crippen molar-refractivity contribution in [3.63, 3.8) is 0 Å². The van der Waals surface area contributed by atoms with E-state index in [9.17, 15) is 0 Å². The molecule has 1 radical (unpaired) electrons. The molecule has 0 heterocycles. The Morgan fingerprint density at radius 2 is 2.13 bits per heavy atom. The molecule has 1 aliphatic rings. The van der Waals surface area contributed by atoms with Crippen LogP contribution in [0, 0.1) is 6.42 Å². The highest BCUT2D eigenvalue weighted by molar-refractivity contribution is 5.20. The highest BCUT2D eigenvalue weighted by atomic mass is 16.5. The molecular weight excluding hydrogens is 186 g/mol. The second kappa shape index (κ2) is 6.81. The first kappa shape index (κ1) is 12.5. The second-order valence-electron chi connectivity index (χ2n) is 4.02. The fraction of sp³-hybridized carbons (Fsp3) is 0.615. The van der Waals surface area contributed by atoms with Crippen LogP contribution in [-0.2, 0) is 4.74 Å². The molecule has 1 unspecified atom stereocenters. The van der Waals surface area contributed by atoms with Crippen LogP contribution in [0.3, 0.4) is 0 Å². The molecule has 0 aliphatic heterocycles. The average Bonchev–Trinajstić information content (AvgIpc) is 2.29. The molecule has 0 bridgehead atoms. The smallest absolute Gasteiger partial charge is 0.0832 e. The van der Waals surface area contributed by atoms with Crippen LogP contribution in [0.2, 0.25) is 0 Å². The molecule has 1 aliphatic carbocycles. The van der Waals surface area contributed by atoms with Crippen LogP contribution in [0.1, 0.15) is 26.7 Å². The third-order valence-electron chi connectivity index (χ3n) is 2.74. The van der Waals surface area contributed by atoms with Crippen molar-refractivity contribution in [3.05, 3.63) is 30.7 Å². The van der Waals surface area contributed by atoms with Gasteiger partial charge in [-0.05, 0) is 26.8 Å². The Morgan fingerprint density at radius 3 is 2.67 bits per heavy atom. The number of hydrogen-bond acceptors (Lipinski definition) is 2. The lowest BCUT2D eigenvalue weighted by Crippen LogP contribution is -2.30. The van der Waals surface area contributed by atoms with E-state index in [0.29, 0.717) is 12.1 Å². The van der Waals surface area contributed by atoms with Gasteiger partial charge in [0.1, 0.15) is 0 Å². The standard InChI is InChI=1S/C13H22NO/c1-4-12(10-11(2)14-3)15-13-8-6-5-7-9-13/h5-9,11-14H,4,10H2,1-3H3/t11-,12-/m1/s1. The van der Waals surface area contributed by atoms with E-state index in [1.54, 1.807) is 0 Å². The van der Waals surface area contributed by atoms with E-state index < -0.39 is 0 Å². The largest absolute Gasteiger partial charge is 0.370 e. The first-order valence-corrected chi connectivity index (χ1v) is 5.77. The molecule has 0 amide bonds. The van der Waals surface area contributed by atoms with Gasteiger partial charge in [0.25, 0.3) is 0 Å². The van der Waals surface area contributed by atoms with Crippen molar-refractivity contribution in [2.45, 2.75) is 44.9 Å². The number of nitrogens with one attached hydrogen (secondary N) is 1. The Labute approximate surface area is 93.4 Å². The monoisotopic (exact) mass is 208 g/mol. The summed E-state index contributed by atoms with van der Waals surface area (Å²) in [7, 11) is 1.99. The van der Waals surface area contributed by atoms with Gasteiger partial charge in [0.2, 0.25) is 0 Å². The zero-order valence-electron chi connectivity index (χ0n) is 9.94. The Hall–Kier alpha value is -0.600. The molecule has 1 N–H and O–H groups in total. The van der Waals surface area contributed by atoms with Gasteiger partial charge in [-0.15, -0.1) is 0 Å². The maximum atomic E-state index is 5.98. The maximum absolute atomic E-state index is 5.98. The van der Waals surface area contributed by atoms with Gasteiger partial charge in [0, 0.05) is 12.5 Å². The van der Waals surface area contributed by atoms with Gasteiger partial charge in [-0.1, -0.05) is 31.2 Å². The summed E-state index contributed by atoms with van der Waals surface area (Å²) in [6, 6.07) is 0.512. The van der Waals surface area contributed by atoms with E-state index in [-0.39, 0.29) is 6.10 Å². The van der Waals surface area contributed by atoms with E-state index in [1.165, 1.54) is 0 Å². The van der Waals surface area contributed by atoms with Crippen molar-refractivity contribution in [3.8, 4) is 0 Å². The van der Waals surface area contributed by atoms with Crippen LogP contribution in [0.4, 0.5) is 0 Å². The van der Waals surface area contributed by atoms with Crippen LogP contribution in [0.25, 0.3) is 0 Å². The van der Waals surface area contributed by atoms with E-state index in [4.69, 9.17) is 4.74 Å². The topological polar surface area (TPSA) is 21.3 Å². The minimum atomic E-state index is 0.156. The normalized spacial score (nSPS) is 24.1. The Morgan fingerprint density at radius 1 is 1.33 bits per heavy atom. The van der Waals surface area contributed by atoms with Crippen molar-refractivity contribution >= 4 is 0 Å². The van der Waals surface area contributed by atoms with Crippen molar-refractivity contribution in [1.82, 2.24) is 5.32 Å². The summed E-state index contributed by atoms with van der Waals surface area (Å²) in [4.78, 5) is 0. The fourth-order valence-electron chi connectivity index (χ4n) is 1.62. The molecule has 0 saturated heterocycles. The molecule has 15 heavy (non-hydrogen) atoms. The molecule has 0 saturated carbocycles. The molecule has 3 atom stereocenters. The van der Waals surface area contributed by atoms with E-state index >= 15 is 0 Å². The summed E-state index contributed by atoms with van der Waals surface area (Å²) in [6.45, 7) is 4.36. The van der Waals surface area contributed by atoms with E-state index in [0.717, 1.165) is 12.8 Å². The number of rotatable bonds is 6. The van der Waals surface area contributed by atoms with E-state index in [2.05, 4.69) is 31.7 Å². The summed E-state index contributed by atoms with van der Waals surface area (Å²) in [5.41, 5.74) is 0. The molecule has 0 fully saturated rings. The molecule has 0 aromatic heterocycles. The maximum Gasteiger partial charge on any atom is 0.0832 e. The average molecular weight is 208 g/mol. The number of ether oxygens (including phenoxy) is 1. The summed E-state index contributed by atoms with van der Waals surface area (Å²) >= 11 is 0. The fourth-order valence-corrected chi connectivity index (χ4v) is 1.62. The number of allylic oxidation sites excluding steroid dienone is 2. The van der Waals surface area contributed by atoms with Crippen LogP contribution in [0.15, 0.2) is 24.3 Å². The third kappa shape index (κ3) is 4.63. The molecule has 1 rings (SSSR count). The molecule has 2 heteroatoms. The van der Waals surface area contributed by atoms with Gasteiger partial charge < -0.3 is 10.1 Å². The summed E-state index contributed by atoms with van der Waals surface area (Å²) in [5, 5.41) is 3.24. The first-order chi connectivity index (χ1) is 7.26. The van der Waals surface area contributed by atoms with Gasteiger partial charge in [-0.25, -0.2) is 0 Å². The summed E-state index contributed by atoms with van der Waals surface area (Å²) in [5.74, 6) is 0. The van der Waals surface area contributed by atoms with Gasteiger partial charge in [-0.3, -0.25) is 0 Å². The lowest BCUT2D eigenvalue weighted by molar-refractivity contribution is 0.0185. The molecular formula is C13H22NO. The predicted molar refractivity (Wildman–Crippen MR) is 64.7 cm³/mol. The van der Waals surface area contributed by atoms with Gasteiger partial charge in [0.15, 0.2) is 0 Å². The van der Waals surface area contributed by atoms with Crippen LogP contribution >= 0.6 is 0 Å². The molecule has 85 valence electrons. The zero-order chi connectivity index (χ0) is 11.1. The zero-order valence-corrected chi connectivity index (χ0v) is 9.94. The summed E-state index contributed by atoms with van der Waals surface area (Å²) < 4.78 is 5.98. The lowest BCUT2D eigenvalue weighted by Gasteiger charge is -2.24. The molecule has 2 nitrogen and oxygen atoms in total. The lowest BCUT2D eigenvalue weighted by atomic mass is 10.1. The molecule has 0 aromatic rings.